The molecule has 0 radical (unpaired) electrons. The summed E-state index contributed by atoms with van der Waals surface area (Å²) in [6.07, 6.45) is 1.73. The van der Waals surface area contributed by atoms with Crippen LogP contribution < -0.4 is 5.32 Å². The molecule has 5 heteroatoms. The molecule has 0 spiro atoms. The summed E-state index contributed by atoms with van der Waals surface area (Å²) in [6.45, 7) is 0.564. The summed E-state index contributed by atoms with van der Waals surface area (Å²) in [5, 5.41) is 20.3. The van der Waals surface area contributed by atoms with Crippen molar-refractivity contribution in [3.8, 4) is 11.3 Å². The molecule has 3 aromatic rings. The summed E-state index contributed by atoms with van der Waals surface area (Å²) in [5.74, 6) is 0.735. The first kappa shape index (κ1) is 11.7. The number of hydrogen-bond donors (Lipinski definition) is 3. The fourth-order valence-electron chi connectivity index (χ4n) is 2.04. The van der Waals surface area contributed by atoms with Gasteiger partial charge in [-0.25, -0.2) is 4.98 Å². The lowest BCUT2D eigenvalue weighted by Crippen LogP contribution is -2.06. The summed E-state index contributed by atoms with van der Waals surface area (Å²) in [7, 11) is 0. The number of fused-ring (bicyclic) bond motifs is 1. The zero-order valence-corrected chi connectivity index (χ0v) is 10.3. The largest absolute Gasteiger partial charge is 0.395 e. The molecule has 0 aliphatic carbocycles. The van der Waals surface area contributed by atoms with E-state index in [0.29, 0.717) is 6.54 Å². The molecule has 0 aliphatic heterocycles. The fraction of sp³-hybridized carbons (Fsp3) is 0.143. The molecule has 1 aromatic carbocycles. The molecule has 2 heterocycles. The summed E-state index contributed by atoms with van der Waals surface area (Å²) in [6, 6.07) is 11.9. The van der Waals surface area contributed by atoms with Crippen LogP contribution in [0, 0.1) is 0 Å². The van der Waals surface area contributed by atoms with Crippen molar-refractivity contribution in [2.24, 2.45) is 0 Å². The first-order chi connectivity index (χ1) is 9.38. The summed E-state index contributed by atoms with van der Waals surface area (Å²) < 4.78 is 0. The van der Waals surface area contributed by atoms with Crippen LogP contribution in [0.5, 0.6) is 0 Å². The Balaban J connectivity index is 2.01. The van der Waals surface area contributed by atoms with Crippen molar-refractivity contribution >= 4 is 16.7 Å². The van der Waals surface area contributed by atoms with Gasteiger partial charge >= 0.3 is 0 Å². The lowest BCUT2D eigenvalue weighted by atomic mass is 10.1. The Bertz CT molecular complexity index is 692. The Labute approximate surface area is 110 Å². The molecule has 96 valence electrons. The Morgan fingerprint density at radius 3 is 3.00 bits per heavy atom. The maximum atomic E-state index is 8.81. The van der Waals surface area contributed by atoms with Crippen LogP contribution in [0.3, 0.4) is 0 Å². The highest BCUT2D eigenvalue weighted by atomic mass is 16.3. The molecule has 0 fully saturated rings. The first-order valence-electron chi connectivity index (χ1n) is 6.13. The number of H-pyrrole nitrogens is 1. The predicted molar refractivity (Wildman–Crippen MR) is 74.9 cm³/mol. The minimum absolute atomic E-state index is 0.0806. The summed E-state index contributed by atoms with van der Waals surface area (Å²) >= 11 is 0. The van der Waals surface area contributed by atoms with Gasteiger partial charge in [-0.3, -0.25) is 5.10 Å². The van der Waals surface area contributed by atoms with Crippen LogP contribution in [0.25, 0.3) is 22.2 Å². The van der Waals surface area contributed by atoms with Crippen LogP contribution >= 0.6 is 0 Å². The Morgan fingerprint density at radius 2 is 2.11 bits per heavy atom. The number of aliphatic hydroxyl groups excluding tert-OH is 1. The number of aromatic amines is 1. The molecule has 19 heavy (non-hydrogen) atoms. The van der Waals surface area contributed by atoms with Gasteiger partial charge in [-0.05, 0) is 18.2 Å². The number of aromatic nitrogens is 3. The molecule has 2 aromatic heterocycles. The van der Waals surface area contributed by atoms with E-state index in [-0.39, 0.29) is 6.61 Å². The van der Waals surface area contributed by atoms with Gasteiger partial charge in [0.15, 0.2) is 0 Å². The van der Waals surface area contributed by atoms with Crippen LogP contribution in [0.15, 0.2) is 42.6 Å². The molecule has 3 rings (SSSR count). The van der Waals surface area contributed by atoms with Gasteiger partial charge in [0.05, 0.1) is 12.1 Å². The van der Waals surface area contributed by atoms with Crippen molar-refractivity contribution < 1.29 is 5.11 Å². The van der Waals surface area contributed by atoms with Crippen LogP contribution in [0.2, 0.25) is 0 Å². The minimum Gasteiger partial charge on any atom is -0.395 e. The van der Waals surface area contributed by atoms with Gasteiger partial charge < -0.3 is 10.4 Å². The average Bonchev–Trinajstić information content (AvgIpc) is 2.89. The van der Waals surface area contributed by atoms with E-state index in [1.165, 1.54) is 0 Å². The molecule has 0 saturated carbocycles. The Hall–Kier alpha value is -2.40. The molecule has 0 bridgehead atoms. The highest BCUT2D eigenvalue weighted by Crippen LogP contribution is 2.26. The second kappa shape index (κ2) is 5.07. The van der Waals surface area contributed by atoms with Gasteiger partial charge in [-0.2, -0.15) is 5.10 Å². The van der Waals surface area contributed by atoms with E-state index >= 15 is 0 Å². The topological polar surface area (TPSA) is 73.8 Å². The van der Waals surface area contributed by atoms with Gasteiger partial charge in [-0.15, -0.1) is 0 Å². The highest BCUT2D eigenvalue weighted by Gasteiger charge is 2.08. The Kier molecular flexibility index (Phi) is 3.12. The molecule has 0 aliphatic rings. The van der Waals surface area contributed by atoms with E-state index in [4.69, 9.17) is 5.11 Å². The first-order valence-corrected chi connectivity index (χ1v) is 6.13. The normalized spacial score (nSPS) is 10.8. The number of benzene rings is 1. The van der Waals surface area contributed by atoms with Crippen molar-refractivity contribution in [3.05, 3.63) is 42.6 Å². The summed E-state index contributed by atoms with van der Waals surface area (Å²) in [4.78, 5) is 4.21. The van der Waals surface area contributed by atoms with Crippen molar-refractivity contribution in [1.29, 1.82) is 0 Å². The quantitative estimate of drug-likeness (QED) is 0.666. The number of aliphatic hydroxyl groups is 1. The maximum absolute atomic E-state index is 8.81. The maximum Gasteiger partial charge on any atom is 0.126 e. The van der Waals surface area contributed by atoms with Crippen LogP contribution in [-0.4, -0.2) is 33.4 Å². The monoisotopic (exact) mass is 254 g/mol. The second-order valence-corrected chi connectivity index (χ2v) is 4.20. The van der Waals surface area contributed by atoms with E-state index in [1.54, 1.807) is 6.20 Å². The van der Waals surface area contributed by atoms with Gasteiger partial charge in [0.1, 0.15) is 11.5 Å². The van der Waals surface area contributed by atoms with E-state index in [9.17, 15) is 0 Å². The van der Waals surface area contributed by atoms with Crippen LogP contribution in [-0.2, 0) is 0 Å². The number of pyridine rings is 1. The highest BCUT2D eigenvalue weighted by molar-refractivity contribution is 5.93. The zero-order chi connectivity index (χ0) is 13.1. The van der Waals surface area contributed by atoms with Gasteiger partial charge in [0, 0.05) is 23.7 Å². The van der Waals surface area contributed by atoms with E-state index < -0.39 is 0 Å². The standard InChI is InChI=1S/C14H14N4O/c19-8-7-16-13-9-10(5-6-15-13)14-11-3-1-2-4-12(11)17-18-14/h1-6,9,19H,7-8H2,(H,15,16)(H,17,18). The van der Waals surface area contributed by atoms with Crippen molar-refractivity contribution in [1.82, 2.24) is 15.2 Å². The van der Waals surface area contributed by atoms with Gasteiger partial charge in [0.2, 0.25) is 0 Å². The average molecular weight is 254 g/mol. The number of para-hydroxylation sites is 1. The predicted octanol–water partition coefficient (Wildman–Crippen LogP) is 2.03. The van der Waals surface area contributed by atoms with Gasteiger partial charge in [-0.1, -0.05) is 18.2 Å². The SMILES string of the molecule is OCCNc1cc(-c2n[nH]c3ccccc23)ccn1. The second-order valence-electron chi connectivity index (χ2n) is 4.20. The lowest BCUT2D eigenvalue weighted by molar-refractivity contribution is 0.311. The number of hydrogen-bond acceptors (Lipinski definition) is 4. The van der Waals surface area contributed by atoms with Crippen LogP contribution in [0.4, 0.5) is 5.82 Å². The van der Waals surface area contributed by atoms with E-state index in [0.717, 1.165) is 28.0 Å². The molecule has 0 saturated heterocycles. The molecule has 5 nitrogen and oxygen atoms in total. The number of anilines is 1. The van der Waals surface area contributed by atoms with Crippen molar-refractivity contribution in [2.75, 3.05) is 18.5 Å². The fourth-order valence-corrected chi connectivity index (χ4v) is 2.04. The van der Waals surface area contributed by atoms with Crippen LogP contribution in [0.1, 0.15) is 0 Å². The van der Waals surface area contributed by atoms with Gasteiger partial charge in [0.25, 0.3) is 0 Å². The van der Waals surface area contributed by atoms with E-state index in [2.05, 4.69) is 20.5 Å². The zero-order valence-electron chi connectivity index (χ0n) is 10.3. The number of rotatable bonds is 4. The molecular weight excluding hydrogens is 240 g/mol. The molecule has 0 unspecified atom stereocenters. The number of nitrogens with one attached hydrogen (secondary N) is 2. The third kappa shape index (κ3) is 2.28. The third-order valence-electron chi connectivity index (χ3n) is 2.92. The van der Waals surface area contributed by atoms with Crippen molar-refractivity contribution in [3.63, 3.8) is 0 Å². The summed E-state index contributed by atoms with van der Waals surface area (Å²) in [5.41, 5.74) is 2.91. The Morgan fingerprint density at radius 1 is 1.21 bits per heavy atom. The molecule has 0 atom stereocenters. The molecule has 3 N–H and O–H groups in total. The van der Waals surface area contributed by atoms with E-state index in [1.807, 2.05) is 36.4 Å². The number of nitrogens with zero attached hydrogens (tertiary/aromatic N) is 2. The molecule has 0 amide bonds. The smallest absolute Gasteiger partial charge is 0.126 e. The molecular formula is C14H14N4O. The lowest BCUT2D eigenvalue weighted by Gasteiger charge is -2.04. The third-order valence-corrected chi connectivity index (χ3v) is 2.92. The van der Waals surface area contributed by atoms with Crippen molar-refractivity contribution in [2.45, 2.75) is 0 Å². The minimum atomic E-state index is 0.0806.